The molecule has 10 heteroatoms. The van der Waals surface area contributed by atoms with Gasteiger partial charge < -0.3 is 15.0 Å². The molecule has 4 rings (SSSR count). The molecule has 0 saturated carbocycles. The third-order valence-electron chi connectivity index (χ3n) is 4.69. The summed E-state index contributed by atoms with van der Waals surface area (Å²) in [5.41, 5.74) is 1.66. The fourth-order valence-electron chi connectivity index (χ4n) is 3.53. The Kier molecular flexibility index (Phi) is 4.29. The number of ether oxygens (including phenoxy) is 1. The van der Waals surface area contributed by atoms with E-state index < -0.39 is 6.04 Å². The Bertz CT molecular complexity index is 884. The molecule has 2 saturated heterocycles. The van der Waals surface area contributed by atoms with Crippen LogP contribution in [0.1, 0.15) is 12.8 Å². The third kappa shape index (κ3) is 2.71. The molecule has 4 amide bonds. The number of imide groups is 1. The minimum absolute atomic E-state index is 0.0251. The van der Waals surface area contributed by atoms with Crippen LogP contribution in [-0.2, 0) is 14.3 Å². The summed E-state index contributed by atoms with van der Waals surface area (Å²) < 4.78 is 13.2. The second kappa shape index (κ2) is 6.61. The van der Waals surface area contributed by atoms with Gasteiger partial charge in [0, 0.05) is 19.7 Å². The van der Waals surface area contributed by atoms with E-state index in [1.165, 1.54) is 12.0 Å². The van der Waals surface area contributed by atoms with E-state index in [-0.39, 0.29) is 30.5 Å². The quantitative estimate of drug-likeness (QED) is 0.791. The molecule has 2 aliphatic rings. The van der Waals surface area contributed by atoms with Gasteiger partial charge in [0.2, 0.25) is 5.91 Å². The Hall–Kier alpha value is -2.59. The average molecular weight is 375 g/mol. The summed E-state index contributed by atoms with van der Waals surface area (Å²) in [7, 11) is 1.45. The summed E-state index contributed by atoms with van der Waals surface area (Å²) in [6, 6.07) is 4.17. The number of fused-ring (bicyclic) bond motifs is 2. The molecule has 2 atom stereocenters. The van der Waals surface area contributed by atoms with Crippen LogP contribution in [0.3, 0.4) is 0 Å². The van der Waals surface area contributed by atoms with Crippen molar-refractivity contribution in [1.29, 1.82) is 0 Å². The van der Waals surface area contributed by atoms with Gasteiger partial charge in [-0.05, 0) is 25.0 Å². The van der Waals surface area contributed by atoms with E-state index in [1.807, 2.05) is 0 Å². The molecule has 3 heterocycles. The van der Waals surface area contributed by atoms with Crippen LogP contribution in [0.4, 0.5) is 10.5 Å². The predicted octanol–water partition coefficient (Wildman–Crippen LogP) is 0.754. The van der Waals surface area contributed by atoms with Gasteiger partial charge in [-0.2, -0.15) is 8.75 Å². The largest absolute Gasteiger partial charge is 0.375 e. The van der Waals surface area contributed by atoms with Crippen LogP contribution in [0.25, 0.3) is 11.0 Å². The zero-order chi connectivity index (χ0) is 18.3. The number of aromatic nitrogens is 2. The monoisotopic (exact) mass is 375 g/mol. The van der Waals surface area contributed by atoms with Crippen molar-refractivity contribution in [3.05, 3.63) is 18.2 Å². The smallest absolute Gasteiger partial charge is 0.332 e. The number of nitrogens with zero attached hydrogens (tertiary/aromatic N) is 4. The van der Waals surface area contributed by atoms with Crippen molar-refractivity contribution in [2.45, 2.75) is 24.9 Å². The molecular weight excluding hydrogens is 358 g/mol. The Morgan fingerprint density at radius 2 is 2.23 bits per heavy atom. The van der Waals surface area contributed by atoms with E-state index in [4.69, 9.17) is 4.74 Å². The topological polar surface area (TPSA) is 105 Å². The molecule has 2 unspecified atom stereocenters. The van der Waals surface area contributed by atoms with Crippen molar-refractivity contribution < 1.29 is 19.1 Å². The molecule has 26 heavy (non-hydrogen) atoms. The molecule has 0 bridgehead atoms. The maximum Gasteiger partial charge on any atom is 0.332 e. The molecule has 9 nitrogen and oxygen atoms in total. The molecule has 1 aromatic heterocycles. The van der Waals surface area contributed by atoms with Gasteiger partial charge >= 0.3 is 6.03 Å². The van der Waals surface area contributed by atoms with Gasteiger partial charge in [-0.1, -0.05) is 6.07 Å². The first kappa shape index (κ1) is 16.9. The highest BCUT2D eigenvalue weighted by atomic mass is 32.1. The molecule has 1 N–H and O–H groups in total. The van der Waals surface area contributed by atoms with Crippen molar-refractivity contribution in [2.24, 2.45) is 0 Å². The van der Waals surface area contributed by atoms with Gasteiger partial charge in [0.25, 0.3) is 5.91 Å². The number of carbonyl (C=O) groups excluding carboxylic acids is 3. The molecule has 2 fully saturated rings. The van der Waals surface area contributed by atoms with E-state index in [9.17, 15) is 14.4 Å². The summed E-state index contributed by atoms with van der Waals surface area (Å²) in [5.74, 6) is -0.515. The highest BCUT2D eigenvalue weighted by Crippen LogP contribution is 2.34. The van der Waals surface area contributed by atoms with Crippen molar-refractivity contribution in [3.63, 3.8) is 0 Å². The predicted molar refractivity (Wildman–Crippen MR) is 93.8 cm³/mol. The number of carbonyl (C=O) groups is 3. The fourth-order valence-corrected chi connectivity index (χ4v) is 4.07. The van der Waals surface area contributed by atoms with Crippen LogP contribution in [0, 0.1) is 0 Å². The number of amides is 4. The van der Waals surface area contributed by atoms with E-state index >= 15 is 0 Å². The maximum atomic E-state index is 13.0. The number of rotatable bonds is 4. The van der Waals surface area contributed by atoms with Crippen LogP contribution in [0.15, 0.2) is 18.2 Å². The lowest BCUT2D eigenvalue weighted by Gasteiger charge is -2.32. The number of anilines is 1. The molecule has 2 aromatic rings. The third-order valence-corrected chi connectivity index (χ3v) is 5.23. The molecular formula is C16H17N5O4S. The van der Waals surface area contributed by atoms with Crippen molar-refractivity contribution in [2.75, 3.05) is 25.2 Å². The van der Waals surface area contributed by atoms with Crippen LogP contribution in [0.5, 0.6) is 0 Å². The minimum atomic E-state index is -0.578. The van der Waals surface area contributed by atoms with Gasteiger partial charge in [0.05, 0.1) is 17.4 Å². The highest BCUT2D eigenvalue weighted by Gasteiger charge is 2.49. The van der Waals surface area contributed by atoms with Crippen LogP contribution >= 0.6 is 11.7 Å². The summed E-state index contributed by atoms with van der Waals surface area (Å²) in [6.07, 6.45) is 0.989. The van der Waals surface area contributed by atoms with E-state index in [0.29, 0.717) is 36.1 Å². The van der Waals surface area contributed by atoms with Crippen molar-refractivity contribution in [1.82, 2.24) is 19.0 Å². The van der Waals surface area contributed by atoms with Crippen molar-refractivity contribution in [3.8, 4) is 0 Å². The number of nitrogens with one attached hydrogen (secondary N) is 1. The van der Waals surface area contributed by atoms with E-state index in [1.54, 1.807) is 23.1 Å². The normalized spacial score (nSPS) is 22.8. The number of benzene rings is 1. The lowest BCUT2D eigenvalue weighted by Crippen LogP contribution is -2.50. The minimum Gasteiger partial charge on any atom is -0.375 e. The zero-order valence-corrected chi connectivity index (χ0v) is 14.9. The molecule has 0 radical (unpaired) electrons. The lowest BCUT2D eigenvalue weighted by atomic mass is 9.98. The summed E-state index contributed by atoms with van der Waals surface area (Å²) in [4.78, 5) is 40.3. The van der Waals surface area contributed by atoms with Crippen LogP contribution in [-0.4, -0.2) is 63.8 Å². The standard InChI is InChI=1S/C16H17N5O4S/c1-25-8-13(22)17-9-5-6-20-12(7-9)15(23)21(16(20)24)11-4-2-3-10-14(11)19-26-18-10/h2-4,9,12H,5-8H2,1H3,(H,17,22). The maximum absolute atomic E-state index is 13.0. The number of hydrogen-bond donors (Lipinski definition) is 1. The first-order valence-electron chi connectivity index (χ1n) is 8.24. The zero-order valence-electron chi connectivity index (χ0n) is 14.0. The molecule has 1 aromatic carbocycles. The number of methoxy groups -OCH3 is 1. The fraction of sp³-hybridized carbons (Fsp3) is 0.438. The first-order chi connectivity index (χ1) is 12.6. The van der Waals surface area contributed by atoms with Gasteiger partial charge in [0.15, 0.2) is 0 Å². The number of hydrogen-bond acceptors (Lipinski definition) is 7. The van der Waals surface area contributed by atoms with Gasteiger partial charge in [-0.15, -0.1) is 0 Å². The molecule has 0 aliphatic carbocycles. The number of urea groups is 1. The Balaban J connectivity index is 1.58. The lowest BCUT2D eigenvalue weighted by molar-refractivity contribution is -0.127. The Labute approximate surface area is 153 Å². The van der Waals surface area contributed by atoms with Gasteiger partial charge in [-0.3, -0.25) is 9.59 Å². The highest BCUT2D eigenvalue weighted by molar-refractivity contribution is 7.00. The summed E-state index contributed by atoms with van der Waals surface area (Å²) in [5, 5.41) is 2.85. The van der Waals surface area contributed by atoms with Crippen LogP contribution in [0.2, 0.25) is 0 Å². The molecule has 136 valence electrons. The second-order valence-corrected chi connectivity index (χ2v) is 6.82. The van der Waals surface area contributed by atoms with E-state index in [0.717, 1.165) is 11.7 Å². The van der Waals surface area contributed by atoms with Gasteiger partial charge in [-0.25, -0.2) is 9.69 Å². The van der Waals surface area contributed by atoms with Crippen molar-refractivity contribution >= 4 is 46.3 Å². The first-order valence-corrected chi connectivity index (χ1v) is 8.97. The summed E-state index contributed by atoms with van der Waals surface area (Å²) >= 11 is 1.04. The molecule has 0 spiro atoms. The average Bonchev–Trinajstić information content (AvgIpc) is 3.19. The second-order valence-electron chi connectivity index (χ2n) is 6.30. The summed E-state index contributed by atoms with van der Waals surface area (Å²) in [6.45, 7) is 0.387. The number of piperidine rings is 1. The SMILES string of the molecule is COCC(=O)NC1CCN2C(=O)N(c3cccc4nsnc34)C(=O)C2C1. The van der Waals surface area contributed by atoms with Crippen LogP contribution < -0.4 is 10.2 Å². The Morgan fingerprint density at radius 1 is 1.38 bits per heavy atom. The Morgan fingerprint density at radius 3 is 3.04 bits per heavy atom. The van der Waals surface area contributed by atoms with E-state index in [2.05, 4.69) is 14.1 Å². The molecule has 2 aliphatic heterocycles. The van der Waals surface area contributed by atoms with Gasteiger partial charge in [0.1, 0.15) is 23.7 Å².